The third-order valence-corrected chi connectivity index (χ3v) is 7.06. The van der Waals surface area contributed by atoms with Crippen LogP contribution in [0.25, 0.3) is 11.1 Å². The number of carbonyl (C=O) groups is 4. The van der Waals surface area contributed by atoms with Gasteiger partial charge in [0.25, 0.3) is 11.8 Å². The summed E-state index contributed by atoms with van der Waals surface area (Å²) in [4.78, 5) is 60.2. The number of aromatic nitrogens is 1. The van der Waals surface area contributed by atoms with Gasteiger partial charge in [-0.3, -0.25) is 14.6 Å². The Balaban J connectivity index is 1.14. The summed E-state index contributed by atoms with van der Waals surface area (Å²) in [5, 5.41) is 3.17. The van der Waals surface area contributed by atoms with Gasteiger partial charge in [-0.25, -0.2) is 9.59 Å². The number of amides is 3. The second-order valence-corrected chi connectivity index (χ2v) is 9.42. The summed E-state index contributed by atoms with van der Waals surface area (Å²) in [6.07, 6.45) is 1.97. The number of hydroxylamine groups is 2. The molecule has 1 aliphatic carbocycles. The van der Waals surface area contributed by atoms with Crippen molar-refractivity contribution in [2.45, 2.75) is 18.4 Å². The summed E-state index contributed by atoms with van der Waals surface area (Å²) >= 11 is 0. The van der Waals surface area contributed by atoms with Gasteiger partial charge in [-0.1, -0.05) is 65.7 Å². The monoisotopic (exact) mass is 533 g/mol. The first-order valence-corrected chi connectivity index (χ1v) is 12.7. The number of hydrogen-bond acceptors (Lipinski definition) is 7. The Hall–Kier alpha value is -5.31. The molecule has 1 aliphatic heterocycles. The maximum absolute atomic E-state index is 13.0. The molecule has 9 heteroatoms. The molecule has 0 fully saturated rings. The Labute approximate surface area is 229 Å². The molecule has 3 aromatic carbocycles. The van der Waals surface area contributed by atoms with Crippen LogP contribution in [-0.4, -0.2) is 40.5 Å². The minimum atomic E-state index is -0.879. The van der Waals surface area contributed by atoms with E-state index in [0.29, 0.717) is 10.6 Å². The summed E-state index contributed by atoms with van der Waals surface area (Å²) in [7, 11) is 0. The maximum atomic E-state index is 13.0. The zero-order valence-corrected chi connectivity index (χ0v) is 21.2. The number of imide groups is 1. The molecule has 1 N–H and O–H groups in total. The Morgan fingerprint density at radius 3 is 1.88 bits per heavy atom. The molecule has 1 aromatic heterocycles. The van der Waals surface area contributed by atoms with Gasteiger partial charge in [-0.05, 0) is 52.1 Å². The SMILES string of the molecule is O=C(CC(NC(=O)OCC1c2ccccc2-c2ccccc21)c1ccncc1)ON1C(=O)c2ccccc2C1=O. The zero-order valence-electron chi connectivity index (χ0n) is 21.2. The normalized spacial score (nSPS) is 14.2. The molecule has 40 heavy (non-hydrogen) atoms. The molecule has 3 amide bonds. The number of fused-ring (bicyclic) bond motifs is 4. The summed E-state index contributed by atoms with van der Waals surface area (Å²) in [5.41, 5.74) is 5.25. The van der Waals surface area contributed by atoms with Gasteiger partial charge in [0.05, 0.1) is 23.6 Å². The number of carbonyl (C=O) groups excluding carboxylic acids is 4. The second-order valence-electron chi connectivity index (χ2n) is 9.42. The van der Waals surface area contributed by atoms with Gasteiger partial charge in [-0.2, -0.15) is 0 Å². The lowest BCUT2D eigenvalue weighted by Crippen LogP contribution is -2.36. The molecule has 198 valence electrons. The van der Waals surface area contributed by atoms with Crippen molar-refractivity contribution in [1.82, 2.24) is 15.4 Å². The number of nitrogens with zero attached hydrogens (tertiary/aromatic N) is 2. The second kappa shape index (κ2) is 10.5. The van der Waals surface area contributed by atoms with Crippen molar-refractivity contribution < 1.29 is 28.8 Å². The molecule has 1 atom stereocenters. The van der Waals surface area contributed by atoms with Crippen LogP contribution in [0.3, 0.4) is 0 Å². The van der Waals surface area contributed by atoms with Crippen molar-refractivity contribution >= 4 is 23.9 Å². The van der Waals surface area contributed by atoms with Crippen molar-refractivity contribution in [3.63, 3.8) is 0 Å². The Morgan fingerprint density at radius 1 is 0.775 bits per heavy atom. The van der Waals surface area contributed by atoms with Crippen LogP contribution < -0.4 is 5.32 Å². The molecule has 4 aromatic rings. The maximum Gasteiger partial charge on any atom is 0.407 e. The van der Waals surface area contributed by atoms with Gasteiger partial charge in [0.15, 0.2) is 0 Å². The van der Waals surface area contributed by atoms with E-state index in [1.165, 1.54) is 24.5 Å². The molecule has 1 unspecified atom stereocenters. The van der Waals surface area contributed by atoms with E-state index >= 15 is 0 Å². The number of hydrogen-bond donors (Lipinski definition) is 1. The molecule has 0 saturated heterocycles. The van der Waals surface area contributed by atoms with E-state index < -0.39 is 29.9 Å². The highest BCUT2D eigenvalue weighted by Crippen LogP contribution is 2.44. The molecular weight excluding hydrogens is 510 g/mol. The van der Waals surface area contributed by atoms with Crippen molar-refractivity contribution in [2.24, 2.45) is 0 Å². The fourth-order valence-electron chi connectivity index (χ4n) is 5.19. The summed E-state index contributed by atoms with van der Waals surface area (Å²) in [6, 6.07) is 24.7. The summed E-state index contributed by atoms with van der Waals surface area (Å²) in [5.74, 6) is -2.45. The molecular formula is C31H23N3O6. The average molecular weight is 534 g/mol. The van der Waals surface area contributed by atoms with Crippen molar-refractivity contribution in [3.8, 4) is 11.1 Å². The van der Waals surface area contributed by atoms with E-state index in [9.17, 15) is 19.2 Å². The zero-order chi connectivity index (χ0) is 27.6. The van der Waals surface area contributed by atoms with Gasteiger partial charge in [0.2, 0.25) is 0 Å². The predicted octanol–water partition coefficient (Wildman–Crippen LogP) is 4.81. The molecule has 2 heterocycles. The number of ether oxygens (including phenoxy) is 1. The van der Waals surface area contributed by atoms with E-state index in [1.807, 2.05) is 48.5 Å². The van der Waals surface area contributed by atoms with Gasteiger partial charge in [0.1, 0.15) is 6.61 Å². The van der Waals surface area contributed by atoms with Crippen LogP contribution >= 0.6 is 0 Å². The molecule has 2 aliphatic rings. The van der Waals surface area contributed by atoms with Crippen LogP contribution in [0, 0.1) is 0 Å². The smallest absolute Gasteiger partial charge is 0.407 e. The minimum Gasteiger partial charge on any atom is -0.449 e. The number of nitrogens with one attached hydrogen (secondary N) is 1. The van der Waals surface area contributed by atoms with Gasteiger partial charge >= 0.3 is 12.1 Å². The third kappa shape index (κ3) is 4.58. The highest BCUT2D eigenvalue weighted by Gasteiger charge is 2.39. The lowest BCUT2D eigenvalue weighted by molar-refractivity contribution is -0.169. The fourth-order valence-corrected chi connectivity index (χ4v) is 5.19. The van der Waals surface area contributed by atoms with Crippen LogP contribution in [0.1, 0.15) is 55.8 Å². The number of benzene rings is 3. The van der Waals surface area contributed by atoms with E-state index in [4.69, 9.17) is 9.57 Å². The van der Waals surface area contributed by atoms with Crippen molar-refractivity contribution in [1.29, 1.82) is 0 Å². The lowest BCUT2D eigenvalue weighted by Gasteiger charge is -2.20. The van der Waals surface area contributed by atoms with Crippen molar-refractivity contribution in [3.05, 3.63) is 125 Å². The predicted molar refractivity (Wildman–Crippen MR) is 143 cm³/mol. The van der Waals surface area contributed by atoms with Crippen molar-refractivity contribution in [2.75, 3.05) is 6.61 Å². The molecule has 0 bridgehead atoms. The van der Waals surface area contributed by atoms with E-state index in [0.717, 1.165) is 22.3 Å². The topological polar surface area (TPSA) is 115 Å². The number of alkyl carbamates (subject to hydrolysis) is 1. The first kappa shape index (κ1) is 25.0. The van der Waals surface area contributed by atoms with Crippen LogP contribution in [0.15, 0.2) is 97.3 Å². The number of rotatable bonds is 7. The third-order valence-electron chi connectivity index (χ3n) is 7.06. The fraction of sp³-hybridized carbons (Fsp3) is 0.129. The first-order chi connectivity index (χ1) is 19.5. The summed E-state index contributed by atoms with van der Waals surface area (Å²) in [6.45, 7) is 0.0996. The quantitative estimate of drug-likeness (QED) is 0.339. The highest BCUT2D eigenvalue weighted by atomic mass is 16.7. The van der Waals surface area contributed by atoms with E-state index in [2.05, 4.69) is 10.3 Å². The van der Waals surface area contributed by atoms with Crippen LogP contribution in [-0.2, 0) is 14.4 Å². The van der Waals surface area contributed by atoms with Crippen LogP contribution in [0.4, 0.5) is 4.79 Å². The van der Waals surface area contributed by atoms with E-state index in [-0.39, 0.29) is 30.1 Å². The van der Waals surface area contributed by atoms with Crippen LogP contribution in [0.2, 0.25) is 0 Å². The van der Waals surface area contributed by atoms with Gasteiger partial charge in [0, 0.05) is 18.3 Å². The lowest BCUT2D eigenvalue weighted by atomic mass is 9.98. The number of pyridine rings is 1. The molecule has 9 nitrogen and oxygen atoms in total. The largest absolute Gasteiger partial charge is 0.449 e. The van der Waals surface area contributed by atoms with Gasteiger partial charge < -0.3 is 14.9 Å². The Bertz CT molecular complexity index is 1560. The molecule has 0 spiro atoms. The minimum absolute atomic E-state index is 0.0996. The summed E-state index contributed by atoms with van der Waals surface area (Å²) < 4.78 is 5.65. The Morgan fingerprint density at radius 2 is 1.30 bits per heavy atom. The molecule has 0 radical (unpaired) electrons. The first-order valence-electron chi connectivity index (χ1n) is 12.7. The van der Waals surface area contributed by atoms with Gasteiger partial charge in [-0.15, -0.1) is 0 Å². The van der Waals surface area contributed by atoms with E-state index in [1.54, 1.807) is 24.3 Å². The van der Waals surface area contributed by atoms with Crippen LogP contribution in [0.5, 0.6) is 0 Å². The highest BCUT2D eigenvalue weighted by molar-refractivity contribution is 6.20. The molecule has 0 saturated carbocycles. The average Bonchev–Trinajstić information content (AvgIpc) is 3.43. The standard InChI is InChI=1S/C31H23N3O6/c35-28(40-34-29(36)24-11-5-6-12-25(24)30(34)37)17-27(19-13-15-32-16-14-19)33-31(38)39-18-26-22-9-3-1-7-20(22)21-8-2-4-10-23(21)26/h1-16,26-27H,17-18H2,(H,33,38). The molecule has 6 rings (SSSR count). The Kier molecular flexibility index (Phi) is 6.53.